The van der Waals surface area contributed by atoms with Gasteiger partial charge in [0.2, 0.25) is 0 Å². The van der Waals surface area contributed by atoms with Crippen LogP contribution in [-0.2, 0) is 4.74 Å². The molecule has 21 heavy (non-hydrogen) atoms. The predicted octanol–water partition coefficient (Wildman–Crippen LogP) is 1.27. The van der Waals surface area contributed by atoms with E-state index in [1.807, 2.05) is 12.1 Å². The zero-order valence-corrected chi connectivity index (χ0v) is 12.5. The number of rotatable bonds is 5. The Morgan fingerprint density at radius 3 is 3.10 bits per heavy atom. The van der Waals surface area contributed by atoms with Crippen LogP contribution in [-0.4, -0.2) is 54.4 Å². The highest BCUT2D eigenvalue weighted by molar-refractivity contribution is 5.97. The molecule has 1 saturated heterocycles. The summed E-state index contributed by atoms with van der Waals surface area (Å²) >= 11 is 0. The quantitative estimate of drug-likeness (QED) is 0.370. The molecule has 1 atom stereocenters. The molecule has 1 heterocycles. The third-order valence-corrected chi connectivity index (χ3v) is 3.57. The molecule has 1 aromatic rings. The Morgan fingerprint density at radius 2 is 2.38 bits per heavy atom. The Kier molecular flexibility index (Phi) is 5.41. The second kappa shape index (κ2) is 7.28. The summed E-state index contributed by atoms with van der Waals surface area (Å²) in [7, 11) is 0. The Labute approximate surface area is 125 Å². The van der Waals surface area contributed by atoms with Crippen LogP contribution >= 0.6 is 0 Å². The number of hydrogen-bond acceptors (Lipinski definition) is 5. The van der Waals surface area contributed by atoms with E-state index in [4.69, 9.17) is 20.4 Å². The topological polar surface area (TPSA) is 80.3 Å². The highest BCUT2D eigenvalue weighted by atomic mass is 16.5. The van der Waals surface area contributed by atoms with Crippen LogP contribution in [0.3, 0.4) is 0 Å². The van der Waals surface area contributed by atoms with Crippen LogP contribution in [0.15, 0.2) is 29.4 Å². The lowest BCUT2D eigenvalue weighted by Gasteiger charge is -2.35. The van der Waals surface area contributed by atoms with Crippen LogP contribution < -0.4 is 10.5 Å². The van der Waals surface area contributed by atoms with Gasteiger partial charge in [0.15, 0.2) is 5.84 Å². The minimum Gasteiger partial charge on any atom is -0.491 e. The molecule has 1 aliphatic rings. The molecule has 2 rings (SSSR count). The van der Waals surface area contributed by atoms with Gasteiger partial charge in [0.25, 0.3) is 0 Å². The zero-order valence-electron chi connectivity index (χ0n) is 12.5. The van der Waals surface area contributed by atoms with Crippen LogP contribution in [0.5, 0.6) is 5.75 Å². The lowest BCUT2D eigenvalue weighted by Crippen LogP contribution is -2.47. The van der Waals surface area contributed by atoms with Gasteiger partial charge in [-0.25, -0.2) is 0 Å². The van der Waals surface area contributed by atoms with Crippen molar-refractivity contribution in [1.29, 1.82) is 0 Å². The fourth-order valence-electron chi connectivity index (χ4n) is 2.30. The number of amidine groups is 1. The Balaban J connectivity index is 1.91. The monoisotopic (exact) mass is 293 g/mol. The van der Waals surface area contributed by atoms with Gasteiger partial charge in [0.05, 0.1) is 6.61 Å². The van der Waals surface area contributed by atoms with E-state index in [0.717, 1.165) is 19.7 Å². The predicted molar refractivity (Wildman–Crippen MR) is 80.9 cm³/mol. The van der Waals surface area contributed by atoms with Crippen molar-refractivity contribution in [3.8, 4) is 5.75 Å². The summed E-state index contributed by atoms with van der Waals surface area (Å²) in [5.74, 6) is 0.754. The zero-order chi connectivity index (χ0) is 15.2. The molecule has 0 aromatic heterocycles. The Bertz CT molecular complexity index is 491. The number of nitrogens with two attached hydrogens (primary N) is 1. The molecular weight excluding hydrogens is 270 g/mol. The fourth-order valence-corrected chi connectivity index (χ4v) is 2.30. The molecule has 1 aromatic carbocycles. The molecule has 6 heteroatoms. The summed E-state index contributed by atoms with van der Waals surface area (Å²) in [4.78, 5) is 2.38. The van der Waals surface area contributed by atoms with Crippen molar-refractivity contribution in [1.82, 2.24) is 4.90 Å². The number of nitrogens with zero attached hydrogens (tertiary/aromatic N) is 2. The molecule has 6 nitrogen and oxygen atoms in total. The van der Waals surface area contributed by atoms with Gasteiger partial charge in [-0.05, 0) is 26.0 Å². The van der Waals surface area contributed by atoms with Crippen molar-refractivity contribution in [2.45, 2.75) is 26.0 Å². The summed E-state index contributed by atoms with van der Waals surface area (Å²) < 4.78 is 11.5. The Morgan fingerprint density at radius 1 is 1.57 bits per heavy atom. The van der Waals surface area contributed by atoms with Gasteiger partial charge in [0, 0.05) is 24.7 Å². The van der Waals surface area contributed by atoms with Crippen molar-refractivity contribution in [2.75, 3.05) is 26.3 Å². The standard InChI is InChI=1S/C15H23N3O3/c1-11(2)18-6-7-20-14(9-18)10-21-13-5-3-4-12(8-13)15(16)17-19/h3-5,8,11,14,19H,6-7,9-10H2,1-2H3,(H2,16,17). The third-order valence-electron chi connectivity index (χ3n) is 3.57. The van der Waals surface area contributed by atoms with Crippen molar-refractivity contribution in [2.24, 2.45) is 10.9 Å². The summed E-state index contributed by atoms with van der Waals surface area (Å²) in [5.41, 5.74) is 6.19. The van der Waals surface area contributed by atoms with Crippen LogP contribution in [0.4, 0.5) is 0 Å². The Hall–Kier alpha value is -1.79. The molecule has 0 bridgehead atoms. The largest absolute Gasteiger partial charge is 0.491 e. The van der Waals surface area contributed by atoms with Gasteiger partial charge in [-0.3, -0.25) is 4.90 Å². The van der Waals surface area contributed by atoms with E-state index in [9.17, 15) is 0 Å². The first kappa shape index (κ1) is 15.6. The molecule has 0 aliphatic carbocycles. The average Bonchev–Trinajstić information content (AvgIpc) is 2.52. The highest BCUT2D eigenvalue weighted by Gasteiger charge is 2.22. The first-order chi connectivity index (χ1) is 10.1. The van der Waals surface area contributed by atoms with Gasteiger partial charge in [-0.2, -0.15) is 0 Å². The van der Waals surface area contributed by atoms with E-state index in [2.05, 4.69) is 23.9 Å². The molecule has 1 aliphatic heterocycles. The molecular formula is C15H23N3O3. The second-order valence-electron chi connectivity index (χ2n) is 5.41. The highest BCUT2D eigenvalue weighted by Crippen LogP contribution is 2.15. The summed E-state index contributed by atoms with van der Waals surface area (Å²) in [6.07, 6.45) is 0.0636. The number of ether oxygens (including phenoxy) is 2. The number of morpholine rings is 1. The smallest absolute Gasteiger partial charge is 0.170 e. The van der Waals surface area contributed by atoms with Gasteiger partial charge in [-0.15, -0.1) is 0 Å². The van der Waals surface area contributed by atoms with Crippen LogP contribution in [0.25, 0.3) is 0 Å². The molecule has 1 unspecified atom stereocenters. The SMILES string of the molecule is CC(C)N1CCOC(COc2cccc(C(N)=NO)c2)C1. The van der Waals surface area contributed by atoms with Crippen LogP contribution in [0.2, 0.25) is 0 Å². The molecule has 0 saturated carbocycles. The summed E-state index contributed by atoms with van der Waals surface area (Å²) in [6, 6.07) is 7.68. The number of benzene rings is 1. The minimum atomic E-state index is 0.0636. The van der Waals surface area contributed by atoms with Crippen molar-refractivity contribution < 1.29 is 14.7 Å². The van der Waals surface area contributed by atoms with E-state index < -0.39 is 0 Å². The molecule has 116 valence electrons. The molecule has 0 amide bonds. The molecule has 1 fully saturated rings. The van der Waals surface area contributed by atoms with Gasteiger partial charge >= 0.3 is 0 Å². The van der Waals surface area contributed by atoms with E-state index in [-0.39, 0.29) is 11.9 Å². The van der Waals surface area contributed by atoms with Crippen LogP contribution in [0, 0.1) is 0 Å². The van der Waals surface area contributed by atoms with Crippen LogP contribution in [0.1, 0.15) is 19.4 Å². The lowest BCUT2D eigenvalue weighted by molar-refractivity contribution is -0.0564. The van der Waals surface area contributed by atoms with E-state index >= 15 is 0 Å². The summed E-state index contributed by atoms with van der Waals surface area (Å²) in [6.45, 7) is 7.43. The minimum absolute atomic E-state index is 0.0636. The first-order valence-electron chi connectivity index (χ1n) is 7.16. The van der Waals surface area contributed by atoms with Gasteiger partial charge < -0.3 is 20.4 Å². The van der Waals surface area contributed by atoms with Gasteiger partial charge in [-0.1, -0.05) is 17.3 Å². The van der Waals surface area contributed by atoms with E-state index in [1.165, 1.54) is 0 Å². The maximum atomic E-state index is 8.69. The number of hydrogen-bond donors (Lipinski definition) is 2. The van der Waals surface area contributed by atoms with Crippen molar-refractivity contribution in [3.63, 3.8) is 0 Å². The normalized spacial score (nSPS) is 20.7. The second-order valence-corrected chi connectivity index (χ2v) is 5.41. The van der Waals surface area contributed by atoms with Crippen molar-refractivity contribution >= 4 is 5.84 Å². The molecule has 0 radical (unpaired) electrons. The van der Waals surface area contributed by atoms with Crippen molar-refractivity contribution in [3.05, 3.63) is 29.8 Å². The maximum absolute atomic E-state index is 8.69. The molecule has 0 spiro atoms. The van der Waals surface area contributed by atoms with E-state index in [0.29, 0.717) is 24.0 Å². The third kappa shape index (κ3) is 4.34. The van der Waals surface area contributed by atoms with E-state index in [1.54, 1.807) is 12.1 Å². The average molecular weight is 293 g/mol. The van der Waals surface area contributed by atoms with Gasteiger partial charge in [0.1, 0.15) is 18.5 Å². The summed E-state index contributed by atoms with van der Waals surface area (Å²) in [5, 5.41) is 11.7. The number of oxime groups is 1. The maximum Gasteiger partial charge on any atom is 0.170 e. The first-order valence-corrected chi connectivity index (χ1v) is 7.16. The fraction of sp³-hybridized carbons (Fsp3) is 0.533. The lowest BCUT2D eigenvalue weighted by atomic mass is 10.2. The molecule has 3 N–H and O–H groups in total.